The van der Waals surface area contributed by atoms with E-state index in [2.05, 4.69) is 100 Å². The molecule has 0 unspecified atom stereocenters. The molecule has 1 fully saturated rings. The lowest BCUT2D eigenvalue weighted by Gasteiger charge is -2.42. The highest BCUT2D eigenvalue weighted by Crippen LogP contribution is 2.48. The average molecular weight is 708 g/mol. The van der Waals surface area contributed by atoms with Gasteiger partial charge in [0.15, 0.2) is 31.7 Å². The highest BCUT2D eigenvalue weighted by Gasteiger charge is 2.55. The van der Waals surface area contributed by atoms with Crippen molar-refractivity contribution in [2.24, 2.45) is 0 Å². The molecule has 47 heavy (non-hydrogen) atoms. The van der Waals surface area contributed by atoms with Crippen LogP contribution in [-0.4, -0.2) is 51.1 Å². The van der Waals surface area contributed by atoms with E-state index in [1.807, 2.05) is 66.7 Å². The molecule has 2 atom stereocenters. The lowest BCUT2D eigenvalue weighted by molar-refractivity contribution is -0.557. The zero-order valence-corrected chi connectivity index (χ0v) is 29.9. The van der Waals surface area contributed by atoms with Gasteiger partial charge in [0.25, 0.3) is 5.91 Å². The third-order valence-corrected chi connectivity index (χ3v) is 10.7. The van der Waals surface area contributed by atoms with Crippen molar-refractivity contribution in [2.75, 3.05) is 18.5 Å². The Labute approximate surface area is 287 Å². The Morgan fingerprint density at radius 1 is 0.936 bits per heavy atom. The van der Waals surface area contributed by atoms with Crippen molar-refractivity contribution < 1.29 is 18.6 Å². The Balaban J connectivity index is 1.59. The molecule has 0 saturated carbocycles. The molecule has 6 rings (SSSR count). The summed E-state index contributed by atoms with van der Waals surface area (Å²) in [5.41, 5.74) is 3.16. The number of amides is 2. The molecule has 0 aromatic heterocycles. The van der Waals surface area contributed by atoms with E-state index in [1.165, 1.54) is 0 Å². The van der Waals surface area contributed by atoms with E-state index in [4.69, 9.17) is 4.43 Å². The van der Waals surface area contributed by atoms with E-state index in [-0.39, 0.29) is 11.9 Å². The lowest BCUT2D eigenvalue weighted by Crippen LogP contribution is -2.52. The number of allylic oxidation sites excluding steroid dienone is 1. The quantitative estimate of drug-likeness (QED) is 0.106. The van der Waals surface area contributed by atoms with E-state index < -0.39 is 19.5 Å². The second-order valence-electron chi connectivity index (χ2n) is 13.2. The van der Waals surface area contributed by atoms with Crippen LogP contribution in [0, 0.1) is 0 Å². The largest absolute Gasteiger partial charge is 0.399 e. The Hall–Kier alpha value is -4.11. The number of halogens is 1. The van der Waals surface area contributed by atoms with Crippen molar-refractivity contribution >= 4 is 54.0 Å². The van der Waals surface area contributed by atoms with Gasteiger partial charge < -0.3 is 14.6 Å². The van der Waals surface area contributed by atoms with E-state index in [0.29, 0.717) is 12.0 Å². The summed E-state index contributed by atoms with van der Waals surface area (Å²) in [4.78, 5) is 28.3. The average Bonchev–Trinajstić information content (AvgIpc) is 3.63. The minimum atomic E-state index is -2.12. The zero-order chi connectivity index (χ0) is 33.2. The van der Waals surface area contributed by atoms with Gasteiger partial charge in [0, 0.05) is 47.3 Å². The van der Waals surface area contributed by atoms with Gasteiger partial charge in [0.1, 0.15) is 6.54 Å². The predicted molar refractivity (Wildman–Crippen MR) is 195 cm³/mol. The number of carbonyl (C=O) groups excluding carboxylic acids is 2. The second-order valence-corrected chi connectivity index (χ2v) is 18.6. The number of rotatable bonds is 10. The van der Waals surface area contributed by atoms with Crippen LogP contribution in [-0.2, 0) is 25.2 Å². The number of likely N-dealkylation sites (N-methyl/N-ethyl adjacent to an activating group) is 1. The van der Waals surface area contributed by atoms with E-state index in [0.717, 1.165) is 51.8 Å². The lowest BCUT2D eigenvalue weighted by atomic mass is 9.79. The monoisotopic (exact) mass is 706 g/mol. The van der Waals surface area contributed by atoms with Crippen molar-refractivity contribution in [3.8, 4) is 0 Å². The summed E-state index contributed by atoms with van der Waals surface area (Å²) in [5.74, 6) is -0.212. The Bertz CT molecular complexity index is 1780. The van der Waals surface area contributed by atoms with Crippen LogP contribution in [0.15, 0.2) is 120 Å². The molecule has 2 amide bonds. The number of anilines is 1. The molecule has 0 aliphatic carbocycles. The first kappa shape index (κ1) is 32.8. The smallest absolute Gasteiger partial charge is 0.261 e. The third kappa shape index (κ3) is 5.94. The van der Waals surface area contributed by atoms with Crippen molar-refractivity contribution in [3.05, 3.63) is 142 Å². The minimum Gasteiger partial charge on any atom is -0.399 e. The van der Waals surface area contributed by atoms with Gasteiger partial charge in [0.05, 0.1) is 0 Å². The van der Waals surface area contributed by atoms with Gasteiger partial charge >= 0.3 is 0 Å². The molecule has 6 nitrogen and oxygen atoms in total. The SMILES string of the molecule is CN1C(=O)[C@@](NC=O)(C(=CC=[N+]2CCC[C@H]2C(O[Si](C)(C)C)(c2ccccc2)c2ccccc2)c2ccc(Br)cc2)c2ccccc21. The molecule has 4 aromatic carbocycles. The van der Waals surface area contributed by atoms with Gasteiger partial charge in [-0.15, -0.1) is 0 Å². The molecule has 0 bridgehead atoms. The van der Waals surface area contributed by atoms with Crippen LogP contribution >= 0.6 is 15.9 Å². The summed E-state index contributed by atoms with van der Waals surface area (Å²) in [6.45, 7) is 7.56. The fourth-order valence-corrected chi connectivity index (χ4v) is 8.96. The molecular formula is C39H41BrN3O3Si+. The van der Waals surface area contributed by atoms with Crippen LogP contribution in [0.5, 0.6) is 0 Å². The zero-order valence-electron chi connectivity index (χ0n) is 27.3. The number of carbonyl (C=O) groups is 2. The summed E-state index contributed by atoms with van der Waals surface area (Å²) in [6, 6.07) is 36.7. The van der Waals surface area contributed by atoms with Crippen LogP contribution in [0.1, 0.15) is 35.1 Å². The minimum absolute atomic E-state index is 0.0225. The van der Waals surface area contributed by atoms with Crippen LogP contribution < -0.4 is 10.2 Å². The van der Waals surface area contributed by atoms with Gasteiger partial charge in [-0.3, -0.25) is 9.59 Å². The first-order valence-corrected chi connectivity index (χ1v) is 20.3. The number of hydrogen-bond acceptors (Lipinski definition) is 3. The number of hydrogen-bond donors (Lipinski definition) is 1. The molecule has 0 radical (unpaired) electrons. The maximum atomic E-state index is 14.3. The standard InChI is InChI=1S/C39H40BrN3O3Si/c1-42-35-19-12-11-18-34(35)38(37(42)45,41-28-44)33(29-21-23-32(40)24-22-29)25-27-43-26-13-20-36(43)39(46-47(2,3)4,30-14-7-5-8-15-30)31-16-9-6-10-17-31/h5-12,14-19,21-25,27-28,36H,13,20,26H2,1-4H3/p+1/t36-,38+/m0/s1. The summed E-state index contributed by atoms with van der Waals surface area (Å²) in [5, 5.41) is 3.00. The predicted octanol–water partition coefficient (Wildman–Crippen LogP) is 7.49. The van der Waals surface area contributed by atoms with E-state index in [9.17, 15) is 9.59 Å². The maximum absolute atomic E-state index is 14.3. The number of para-hydroxylation sites is 1. The fraction of sp³-hybridized carbons (Fsp3) is 0.256. The molecule has 2 aliphatic rings. The molecule has 4 aromatic rings. The molecule has 0 spiro atoms. The molecule has 240 valence electrons. The van der Waals surface area contributed by atoms with E-state index >= 15 is 0 Å². The van der Waals surface area contributed by atoms with Crippen LogP contribution in [0.2, 0.25) is 19.6 Å². The summed E-state index contributed by atoms with van der Waals surface area (Å²) in [7, 11) is -0.357. The van der Waals surface area contributed by atoms with Gasteiger partial charge in [-0.2, -0.15) is 0 Å². The topological polar surface area (TPSA) is 61.7 Å². The summed E-state index contributed by atoms with van der Waals surface area (Å²) >= 11 is 3.57. The first-order chi connectivity index (χ1) is 22.6. The van der Waals surface area contributed by atoms with Crippen molar-refractivity contribution in [1.82, 2.24) is 5.32 Å². The second kappa shape index (κ2) is 13.2. The fourth-order valence-electron chi connectivity index (χ4n) is 7.36. The Morgan fingerprint density at radius 2 is 1.53 bits per heavy atom. The molecular weight excluding hydrogens is 666 g/mol. The Kier molecular flexibility index (Phi) is 9.20. The Morgan fingerprint density at radius 3 is 2.13 bits per heavy atom. The normalized spacial score (nSPS) is 20.8. The molecule has 1 N–H and O–H groups in total. The summed E-state index contributed by atoms with van der Waals surface area (Å²) in [6.07, 6.45) is 6.69. The van der Waals surface area contributed by atoms with Gasteiger partial charge in [-0.1, -0.05) is 107 Å². The van der Waals surface area contributed by atoms with Gasteiger partial charge in [-0.05, 0) is 54.5 Å². The highest BCUT2D eigenvalue weighted by molar-refractivity contribution is 9.10. The highest BCUT2D eigenvalue weighted by atomic mass is 79.9. The van der Waals surface area contributed by atoms with Crippen molar-refractivity contribution in [1.29, 1.82) is 0 Å². The van der Waals surface area contributed by atoms with Crippen LogP contribution in [0.25, 0.3) is 5.57 Å². The molecule has 1 saturated heterocycles. The summed E-state index contributed by atoms with van der Waals surface area (Å²) < 4.78 is 10.7. The van der Waals surface area contributed by atoms with Gasteiger partial charge in [0.2, 0.25) is 6.41 Å². The van der Waals surface area contributed by atoms with Crippen molar-refractivity contribution in [3.63, 3.8) is 0 Å². The molecule has 8 heteroatoms. The number of nitrogens with one attached hydrogen (secondary N) is 1. The number of fused-ring (bicyclic) bond motifs is 1. The third-order valence-electron chi connectivity index (χ3n) is 9.20. The van der Waals surface area contributed by atoms with Gasteiger partial charge in [-0.25, -0.2) is 4.58 Å². The maximum Gasteiger partial charge on any atom is 0.261 e. The van der Waals surface area contributed by atoms with Crippen molar-refractivity contribution in [2.45, 2.75) is 49.7 Å². The first-order valence-electron chi connectivity index (χ1n) is 16.1. The number of benzene rings is 4. The molecule has 2 aliphatic heterocycles. The van der Waals surface area contributed by atoms with E-state index in [1.54, 1.807) is 11.9 Å². The van der Waals surface area contributed by atoms with Crippen LogP contribution in [0.4, 0.5) is 5.69 Å². The molecule has 2 heterocycles. The van der Waals surface area contributed by atoms with Crippen LogP contribution in [0.3, 0.4) is 0 Å². The number of nitrogens with zero attached hydrogens (tertiary/aromatic N) is 2.